The van der Waals surface area contributed by atoms with Gasteiger partial charge in [-0.3, -0.25) is 4.79 Å². The molecule has 47 heavy (non-hydrogen) atoms. The highest BCUT2D eigenvalue weighted by Crippen LogP contribution is 2.42. The number of methoxy groups -OCH3 is 2. The first kappa shape index (κ1) is 37.3. The lowest BCUT2D eigenvalue weighted by Crippen LogP contribution is -2.57. The number of ether oxygens (including phenoxy) is 3. The second kappa shape index (κ2) is 15.2. The maximum Gasteiger partial charge on any atom is 0.407 e. The summed E-state index contributed by atoms with van der Waals surface area (Å²) < 4.78 is 16.9. The van der Waals surface area contributed by atoms with Crippen molar-refractivity contribution in [1.82, 2.24) is 10.2 Å². The Bertz CT molecular complexity index is 1440. The van der Waals surface area contributed by atoms with Gasteiger partial charge in [-0.2, -0.15) is 0 Å². The Kier molecular flexibility index (Phi) is 12.1. The van der Waals surface area contributed by atoms with Crippen LogP contribution in [0.15, 0.2) is 61.7 Å². The van der Waals surface area contributed by atoms with E-state index in [1.165, 1.54) is 12.0 Å². The van der Waals surface area contributed by atoms with E-state index < -0.39 is 41.1 Å². The van der Waals surface area contributed by atoms with Crippen molar-refractivity contribution in [1.29, 1.82) is 0 Å². The fraction of sp³-hybridized carbons (Fsp3) is 0.500. The second-order valence-electron chi connectivity index (χ2n) is 14.4. The number of esters is 1. The first-order valence-corrected chi connectivity index (χ1v) is 16.0. The van der Waals surface area contributed by atoms with E-state index in [2.05, 4.69) is 42.7 Å². The Morgan fingerprint density at radius 3 is 2.26 bits per heavy atom. The minimum absolute atomic E-state index is 0.0768. The number of alkyl carbamates (subject to hydrolysis) is 1. The topological polar surface area (TPSA) is 97.4 Å². The summed E-state index contributed by atoms with van der Waals surface area (Å²) in [7, 11) is 6.88. The second-order valence-corrected chi connectivity index (χ2v) is 14.4. The molecule has 0 aliphatic carbocycles. The number of benzene rings is 2. The third-order valence-corrected chi connectivity index (χ3v) is 8.96. The van der Waals surface area contributed by atoms with Crippen molar-refractivity contribution >= 4 is 29.7 Å². The van der Waals surface area contributed by atoms with E-state index in [4.69, 9.17) is 14.2 Å². The zero-order valence-electron chi connectivity index (χ0n) is 29.6. The van der Waals surface area contributed by atoms with Crippen molar-refractivity contribution in [2.45, 2.75) is 71.6 Å². The van der Waals surface area contributed by atoms with Gasteiger partial charge >= 0.3 is 12.1 Å². The number of nitrogens with zero attached hydrogens (tertiary/aromatic N) is 2. The number of allylic oxidation sites excluding steroid dienone is 1. The van der Waals surface area contributed by atoms with Gasteiger partial charge in [-0.15, -0.1) is 6.58 Å². The molecule has 1 fully saturated rings. The average Bonchev–Trinajstić information content (AvgIpc) is 3.45. The SMILES string of the molecule is C=CCCC(C)(C)COC(=O)N[C@H](C(=O)N1C[C@](OC)(c2ccc(-c3ccc(N(C)C)cc3)c(C=C)c2)C[C@H]1C(=O)OC)C(C)(C)C. The predicted molar refractivity (Wildman–Crippen MR) is 188 cm³/mol. The van der Waals surface area contributed by atoms with E-state index in [1.807, 2.05) is 77.9 Å². The lowest BCUT2D eigenvalue weighted by molar-refractivity contribution is -0.152. The van der Waals surface area contributed by atoms with Gasteiger partial charge in [0, 0.05) is 33.3 Å². The maximum absolute atomic E-state index is 14.3. The third-order valence-electron chi connectivity index (χ3n) is 8.96. The van der Waals surface area contributed by atoms with Crippen molar-refractivity contribution in [2.24, 2.45) is 10.8 Å². The van der Waals surface area contributed by atoms with Crippen LogP contribution in [0.4, 0.5) is 10.5 Å². The highest BCUT2D eigenvalue weighted by atomic mass is 16.5. The fourth-order valence-corrected chi connectivity index (χ4v) is 5.94. The van der Waals surface area contributed by atoms with Gasteiger partial charge in [0.05, 0.1) is 20.3 Å². The molecule has 1 aliphatic heterocycles. The molecule has 0 bridgehead atoms. The number of carbonyl (C=O) groups is 3. The van der Waals surface area contributed by atoms with Gasteiger partial charge in [-0.05, 0) is 64.1 Å². The molecular formula is C38H53N3O6. The van der Waals surface area contributed by atoms with Crippen LogP contribution in [0.5, 0.6) is 0 Å². The van der Waals surface area contributed by atoms with Crippen LogP contribution in [0.3, 0.4) is 0 Å². The Morgan fingerprint density at radius 1 is 1.06 bits per heavy atom. The lowest BCUT2D eigenvalue weighted by Gasteiger charge is -2.35. The van der Waals surface area contributed by atoms with Crippen LogP contribution >= 0.6 is 0 Å². The van der Waals surface area contributed by atoms with Crippen LogP contribution in [-0.4, -0.2) is 76.4 Å². The molecule has 0 radical (unpaired) electrons. The summed E-state index contributed by atoms with van der Waals surface area (Å²) in [4.78, 5) is 44.1. The Labute approximate surface area is 280 Å². The molecule has 1 aliphatic rings. The first-order chi connectivity index (χ1) is 22.0. The minimum atomic E-state index is -1.02. The molecule has 2 aromatic rings. The molecule has 0 saturated carbocycles. The van der Waals surface area contributed by atoms with Crippen LogP contribution in [0.1, 0.15) is 65.0 Å². The van der Waals surface area contributed by atoms with E-state index in [1.54, 1.807) is 13.2 Å². The van der Waals surface area contributed by atoms with Crippen molar-refractivity contribution in [2.75, 3.05) is 46.4 Å². The zero-order valence-corrected chi connectivity index (χ0v) is 29.6. The molecule has 9 nitrogen and oxygen atoms in total. The molecule has 1 heterocycles. The summed E-state index contributed by atoms with van der Waals surface area (Å²) in [6.07, 6.45) is 4.71. The van der Waals surface area contributed by atoms with Gasteiger partial charge in [-0.1, -0.05) is 77.6 Å². The molecule has 256 valence electrons. The molecule has 1 saturated heterocycles. The smallest absolute Gasteiger partial charge is 0.407 e. The van der Waals surface area contributed by atoms with E-state index >= 15 is 0 Å². The fourth-order valence-electron chi connectivity index (χ4n) is 5.94. The van der Waals surface area contributed by atoms with Crippen LogP contribution in [0.2, 0.25) is 0 Å². The normalized spacial score (nSPS) is 18.7. The number of amides is 2. The molecule has 0 unspecified atom stereocenters. The van der Waals surface area contributed by atoms with E-state index in [0.29, 0.717) is 0 Å². The van der Waals surface area contributed by atoms with E-state index in [9.17, 15) is 14.4 Å². The largest absolute Gasteiger partial charge is 0.467 e. The molecule has 9 heteroatoms. The van der Waals surface area contributed by atoms with Crippen molar-refractivity contribution in [3.05, 3.63) is 72.8 Å². The monoisotopic (exact) mass is 647 g/mol. The number of likely N-dealkylation sites (tertiary alicyclic amines) is 1. The summed E-state index contributed by atoms with van der Waals surface area (Å²) in [5, 5.41) is 2.80. The Balaban J connectivity index is 1.94. The number of rotatable bonds is 13. The highest BCUT2D eigenvalue weighted by molar-refractivity contribution is 5.91. The van der Waals surface area contributed by atoms with Gasteiger partial charge in [-0.25, -0.2) is 9.59 Å². The van der Waals surface area contributed by atoms with E-state index in [0.717, 1.165) is 40.8 Å². The van der Waals surface area contributed by atoms with Gasteiger partial charge < -0.3 is 29.3 Å². The summed E-state index contributed by atoms with van der Waals surface area (Å²) >= 11 is 0. The first-order valence-electron chi connectivity index (χ1n) is 16.0. The van der Waals surface area contributed by atoms with Crippen molar-refractivity contribution in [3.63, 3.8) is 0 Å². The number of carbonyl (C=O) groups excluding carboxylic acids is 3. The molecule has 2 amide bonds. The van der Waals surface area contributed by atoms with Crippen molar-refractivity contribution in [3.8, 4) is 11.1 Å². The molecule has 0 spiro atoms. The summed E-state index contributed by atoms with van der Waals surface area (Å²) in [6, 6.07) is 12.3. The molecule has 3 atom stereocenters. The minimum Gasteiger partial charge on any atom is -0.467 e. The standard InChI is InChI=1S/C38H53N3O6/c1-12-14-21-37(6,7)25-47-35(44)39-32(36(3,4)5)33(42)41-24-38(46-11,23-31(41)34(43)45-10)28-17-20-30(26(13-2)22-28)27-15-18-29(19-16-27)40(8)9/h12-13,15-20,22,31-32H,1-2,14,21,23-25H2,3-11H3,(H,39,44)/t31-,32+,38-/m0/s1. The lowest BCUT2D eigenvalue weighted by atomic mass is 9.85. The highest BCUT2D eigenvalue weighted by Gasteiger charge is 2.53. The summed E-state index contributed by atoms with van der Waals surface area (Å²) in [5.74, 6) is -0.978. The maximum atomic E-state index is 14.3. The number of anilines is 1. The van der Waals surface area contributed by atoms with Crippen LogP contribution in [0, 0.1) is 10.8 Å². The third kappa shape index (κ3) is 8.83. The molecule has 2 aromatic carbocycles. The van der Waals surface area contributed by atoms with Crippen LogP contribution in [-0.2, 0) is 29.4 Å². The zero-order chi connectivity index (χ0) is 35.2. The quantitative estimate of drug-likeness (QED) is 0.188. The van der Waals surface area contributed by atoms with Gasteiger partial charge in [0.15, 0.2) is 0 Å². The Hall–Kier alpha value is -4.11. The number of hydrogen-bond donors (Lipinski definition) is 1. The van der Waals surface area contributed by atoms with Gasteiger partial charge in [0.1, 0.15) is 17.7 Å². The average molecular weight is 648 g/mol. The number of nitrogens with one attached hydrogen (secondary N) is 1. The summed E-state index contributed by atoms with van der Waals surface area (Å²) in [6.45, 7) is 17.7. The van der Waals surface area contributed by atoms with Gasteiger partial charge in [0.25, 0.3) is 0 Å². The van der Waals surface area contributed by atoms with Crippen molar-refractivity contribution < 1.29 is 28.6 Å². The Morgan fingerprint density at radius 2 is 1.72 bits per heavy atom. The summed E-state index contributed by atoms with van der Waals surface area (Å²) in [5.41, 5.74) is 2.85. The predicted octanol–water partition coefficient (Wildman–Crippen LogP) is 6.81. The molecule has 1 N–H and O–H groups in total. The van der Waals surface area contributed by atoms with Crippen LogP contribution in [0.25, 0.3) is 17.2 Å². The molecule has 3 rings (SSSR count). The van der Waals surface area contributed by atoms with Crippen LogP contribution < -0.4 is 10.2 Å². The number of hydrogen-bond acceptors (Lipinski definition) is 7. The molecular weight excluding hydrogens is 594 g/mol. The molecule has 0 aromatic heterocycles. The van der Waals surface area contributed by atoms with E-state index in [-0.39, 0.29) is 25.0 Å². The van der Waals surface area contributed by atoms with Gasteiger partial charge in [0.2, 0.25) is 5.91 Å².